The van der Waals surface area contributed by atoms with E-state index in [9.17, 15) is 0 Å². The van der Waals surface area contributed by atoms with Crippen molar-refractivity contribution in [1.29, 1.82) is 0 Å². The number of nitrogens with two attached hydrogens (primary N) is 1. The molecule has 3 N–H and O–H groups in total. The minimum atomic E-state index is 0. The zero-order valence-corrected chi connectivity index (χ0v) is 14.2. The molecule has 0 aliphatic carbocycles. The predicted octanol–water partition coefficient (Wildman–Crippen LogP) is 2.06. The number of hydrogen-bond donors (Lipinski definition) is 2. The molecule has 0 saturated carbocycles. The number of aromatic nitrogens is 2. The molecule has 0 radical (unpaired) electrons. The third kappa shape index (κ3) is 4.99. The second-order valence-corrected chi connectivity index (χ2v) is 4.99. The molecule has 2 aromatic heterocycles. The van der Waals surface area contributed by atoms with Crippen molar-refractivity contribution in [2.75, 3.05) is 13.1 Å². The van der Waals surface area contributed by atoms with E-state index in [4.69, 9.17) is 5.73 Å². The van der Waals surface area contributed by atoms with Gasteiger partial charge in [0.1, 0.15) is 5.65 Å². The number of nitrogens with zero attached hydrogens (tertiary/aromatic N) is 3. The molecule has 0 aromatic carbocycles. The van der Waals surface area contributed by atoms with Crippen LogP contribution >= 0.6 is 24.0 Å². The summed E-state index contributed by atoms with van der Waals surface area (Å²) >= 11 is 0. The van der Waals surface area contributed by atoms with Crippen molar-refractivity contribution >= 4 is 35.6 Å². The first-order valence-corrected chi connectivity index (χ1v) is 6.61. The second kappa shape index (κ2) is 8.08. The third-order valence-electron chi connectivity index (χ3n) is 2.73. The average Bonchev–Trinajstić information content (AvgIpc) is 2.79. The van der Waals surface area contributed by atoms with Gasteiger partial charge in [-0.2, -0.15) is 0 Å². The van der Waals surface area contributed by atoms with Crippen molar-refractivity contribution in [2.24, 2.45) is 16.6 Å². The summed E-state index contributed by atoms with van der Waals surface area (Å²) in [7, 11) is 0. The van der Waals surface area contributed by atoms with Gasteiger partial charge >= 0.3 is 0 Å². The van der Waals surface area contributed by atoms with E-state index >= 15 is 0 Å². The van der Waals surface area contributed by atoms with Gasteiger partial charge in [0.05, 0.1) is 5.69 Å². The Morgan fingerprint density at radius 2 is 2.25 bits per heavy atom. The molecule has 110 valence electrons. The van der Waals surface area contributed by atoms with Crippen molar-refractivity contribution in [3.8, 4) is 0 Å². The maximum absolute atomic E-state index is 5.77. The lowest BCUT2D eigenvalue weighted by atomic mass is 10.2. The van der Waals surface area contributed by atoms with Gasteiger partial charge in [-0.05, 0) is 18.1 Å². The number of rotatable bonds is 5. The van der Waals surface area contributed by atoms with Crippen LogP contribution in [-0.4, -0.2) is 28.4 Å². The minimum Gasteiger partial charge on any atom is -0.370 e. The number of guanidine groups is 1. The van der Waals surface area contributed by atoms with E-state index in [1.165, 1.54) is 0 Å². The molecule has 0 bridgehead atoms. The first-order chi connectivity index (χ1) is 9.15. The van der Waals surface area contributed by atoms with E-state index < -0.39 is 0 Å². The van der Waals surface area contributed by atoms with Gasteiger partial charge in [-0.1, -0.05) is 19.9 Å². The molecule has 0 spiro atoms. The van der Waals surface area contributed by atoms with Crippen LogP contribution in [0.2, 0.25) is 0 Å². The average molecular weight is 387 g/mol. The predicted molar refractivity (Wildman–Crippen MR) is 93.6 cm³/mol. The highest BCUT2D eigenvalue weighted by atomic mass is 127. The number of fused-ring (bicyclic) bond motifs is 1. The molecule has 6 heteroatoms. The smallest absolute Gasteiger partial charge is 0.188 e. The Balaban J connectivity index is 0.00000200. The highest BCUT2D eigenvalue weighted by molar-refractivity contribution is 14.0. The van der Waals surface area contributed by atoms with Crippen molar-refractivity contribution in [2.45, 2.75) is 20.3 Å². The van der Waals surface area contributed by atoms with Crippen LogP contribution in [0.3, 0.4) is 0 Å². The van der Waals surface area contributed by atoms with Crippen LogP contribution in [0.4, 0.5) is 0 Å². The Morgan fingerprint density at radius 1 is 1.45 bits per heavy atom. The number of imidazole rings is 1. The van der Waals surface area contributed by atoms with E-state index in [0.29, 0.717) is 11.9 Å². The molecule has 5 nitrogen and oxygen atoms in total. The second-order valence-electron chi connectivity index (χ2n) is 4.99. The van der Waals surface area contributed by atoms with E-state index in [0.717, 1.165) is 30.9 Å². The Labute approximate surface area is 136 Å². The molecule has 0 fully saturated rings. The topological polar surface area (TPSA) is 67.7 Å². The van der Waals surface area contributed by atoms with E-state index in [2.05, 4.69) is 29.1 Å². The van der Waals surface area contributed by atoms with Crippen molar-refractivity contribution in [3.63, 3.8) is 0 Å². The minimum absolute atomic E-state index is 0. The molecule has 0 aliphatic rings. The van der Waals surface area contributed by atoms with Crippen LogP contribution in [0.5, 0.6) is 0 Å². The van der Waals surface area contributed by atoms with Gasteiger partial charge in [0.2, 0.25) is 0 Å². The molecule has 0 unspecified atom stereocenters. The number of pyridine rings is 1. The van der Waals surface area contributed by atoms with Crippen LogP contribution in [0, 0.1) is 5.92 Å². The molecular formula is C14H22IN5. The Bertz CT molecular complexity index is 528. The van der Waals surface area contributed by atoms with Crippen molar-refractivity contribution in [1.82, 2.24) is 14.7 Å². The lowest BCUT2D eigenvalue weighted by molar-refractivity contribution is 0.661. The van der Waals surface area contributed by atoms with Crippen LogP contribution < -0.4 is 11.1 Å². The van der Waals surface area contributed by atoms with E-state index in [1.807, 2.05) is 35.0 Å². The fraction of sp³-hybridized carbons (Fsp3) is 0.429. The van der Waals surface area contributed by atoms with Crippen LogP contribution in [0.25, 0.3) is 5.65 Å². The summed E-state index contributed by atoms with van der Waals surface area (Å²) in [5.41, 5.74) is 7.80. The van der Waals surface area contributed by atoms with Gasteiger partial charge in [0.15, 0.2) is 5.96 Å². The SMILES string of the molecule is CC(C)CN=C(N)NCCc1cn2ccccc2n1.I. The van der Waals surface area contributed by atoms with Crippen LogP contribution in [0.1, 0.15) is 19.5 Å². The Kier molecular flexibility index (Phi) is 6.77. The van der Waals surface area contributed by atoms with Crippen molar-refractivity contribution in [3.05, 3.63) is 36.3 Å². The summed E-state index contributed by atoms with van der Waals surface area (Å²) < 4.78 is 2.02. The van der Waals surface area contributed by atoms with Gasteiger partial charge in [0, 0.05) is 31.9 Å². The summed E-state index contributed by atoms with van der Waals surface area (Å²) in [6.45, 7) is 5.74. The molecule has 0 amide bonds. The number of hydrogen-bond acceptors (Lipinski definition) is 2. The normalized spacial score (nSPS) is 11.7. The fourth-order valence-electron chi connectivity index (χ4n) is 1.76. The number of aliphatic imine (C=N–C) groups is 1. The van der Waals surface area contributed by atoms with E-state index in [-0.39, 0.29) is 24.0 Å². The van der Waals surface area contributed by atoms with Gasteiger partial charge in [0.25, 0.3) is 0 Å². The largest absolute Gasteiger partial charge is 0.370 e. The highest BCUT2D eigenvalue weighted by Gasteiger charge is 2.01. The fourth-order valence-corrected chi connectivity index (χ4v) is 1.76. The highest BCUT2D eigenvalue weighted by Crippen LogP contribution is 2.04. The van der Waals surface area contributed by atoms with Crippen LogP contribution in [0.15, 0.2) is 35.6 Å². The van der Waals surface area contributed by atoms with Gasteiger partial charge in [-0.3, -0.25) is 4.99 Å². The zero-order chi connectivity index (χ0) is 13.7. The maximum Gasteiger partial charge on any atom is 0.188 e. The Hall–Kier alpha value is -1.31. The molecule has 0 saturated heterocycles. The first kappa shape index (κ1) is 16.7. The third-order valence-corrected chi connectivity index (χ3v) is 2.73. The quantitative estimate of drug-likeness (QED) is 0.469. The molecular weight excluding hydrogens is 365 g/mol. The lowest BCUT2D eigenvalue weighted by Gasteiger charge is -2.05. The monoisotopic (exact) mass is 387 g/mol. The zero-order valence-electron chi connectivity index (χ0n) is 11.9. The number of nitrogens with one attached hydrogen (secondary N) is 1. The lowest BCUT2D eigenvalue weighted by Crippen LogP contribution is -2.33. The molecule has 2 heterocycles. The summed E-state index contributed by atoms with van der Waals surface area (Å²) in [5.74, 6) is 1.04. The standard InChI is InChI=1S/C14H21N5.HI/c1-11(2)9-17-14(15)16-7-6-12-10-19-8-4-3-5-13(19)18-12;/h3-5,8,10-11H,6-7,9H2,1-2H3,(H3,15,16,17);1H. The summed E-state index contributed by atoms with van der Waals surface area (Å²) in [5, 5.41) is 3.11. The van der Waals surface area contributed by atoms with Crippen molar-refractivity contribution < 1.29 is 0 Å². The van der Waals surface area contributed by atoms with Crippen LogP contribution in [-0.2, 0) is 6.42 Å². The molecule has 0 atom stereocenters. The number of halogens is 1. The summed E-state index contributed by atoms with van der Waals surface area (Å²) in [4.78, 5) is 8.78. The van der Waals surface area contributed by atoms with Gasteiger partial charge in [-0.25, -0.2) is 4.98 Å². The maximum atomic E-state index is 5.77. The molecule has 20 heavy (non-hydrogen) atoms. The molecule has 2 aromatic rings. The molecule has 2 rings (SSSR count). The summed E-state index contributed by atoms with van der Waals surface area (Å²) in [6, 6.07) is 5.98. The first-order valence-electron chi connectivity index (χ1n) is 6.61. The van der Waals surface area contributed by atoms with E-state index in [1.54, 1.807) is 0 Å². The van der Waals surface area contributed by atoms with Gasteiger partial charge < -0.3 is 15.5 Å². The molecule has 0 aliphatic heterocycles. The van der Waals surface area contributed by atoms with Gasteiger partial charge in [-0.15, -0.1) is 24.0 Å². The summed E-state index contributed by atoms with van der Waals surface area (Å²) in [6.07, 6.45) is 4.87. The Morgan fingerprint density at radius 3 is 2.95 bits per heavy atom.